The minimum Gasteiger partial charge on any atom is -0.343 e. The Balaban J connectivity index is 1.61. The molecule has 4 aromatic rings. The molecule has 0 spiro atoms. The number of nitrogens with one attached hydrogen (secondary N) is 2. The summed E-state index contributed by atoms with van der Waals surface area (Å²) < 4.78 is 28.7. The molecule has 218 valence electrons. The van der Waals surface area contributed by atoms with E-state index in [1.807, 2.05) is 32.0 Å². The average Bonchev–Trinajstić information content (AvgIpc) is 2.98. The number of carbonyl (C=O) groups excluding carboxylic acids is 3. The van der Waals surface area contributed by atoms with Gasteiger partial charge in [-0.1, -0.05) is 60.7 Å². The van der Waals surface area contributed by atoms with Gasteiger partial charge in [-0.2, -0.15) is 0 Å². The Morgan fingerprint density at radius 3 is 2.00 bits per heavy atom. The van der Waals surface area contributed by atoms with Crippen molar-refractivity contribution < 1.29 is 22.8 Å². The highest BCUT2D eigenvalue weighted by molar-refractivity contribution is 7.90. The van der Waals surface area contributed by atoms with Crippen LogP contribution in [0.1, 0.15) is 40.9 Å². The molecule has 1 atom stereocenters. The Morgan fingerprint density at radius 1 is 0.786 bits per heavy atom. The number of carbonyl (C=O) groups is 3. The van der Waals surface area contributed by atoms with Gasteiger partial charge in [0, 0.05) is 24.3 Å². The zero-order chi connectivity index (χ0) is 30.4. The lowest BCUT2D eigenvalue weighted by Crippen LogP contribution is -2.46. The van der Waals surface area contributed by atoms with Crippen molar-refractivity contribution in [2.24, 2.45) is 5.92 Å². The lowest BCUT2D eigenvalue weighted by Gasteiger charge is -2.25. The van der Waals surface area contributed by atoms with Crippen molar-refractivity contribution >= 4 is 44.2 Å². The van der Waals surface area contributed by atoms with Crippen LogP contribution in [0, 0.1) is 19.8 Å². The first kappa shape index (κ1) is 30.5. The van der Waals surface area contributed by atoms with Gasteiger partial charge >= 0.3 is 0 Å². The van der Waals surface area contributed by atoms with Crippen molar-refractivity contribution in [3.8, 4) is 0 Å². The second-order valence-corrected chi connectivity index (χ2v) is 11.9. The normalized spacial score (nSPS) is 12.0. The van der Waals surface area contributed by atoms with E-state index in [4.69, 9.17) is 0 Å². The van der Waals surface area contributed by atoms with E-state index in [-0.39, 0.29) is 17.2 Å². The van der Waals surface area contributed by atoms with Crippen molar-refractivity contribution in [3.05, 3.63) is 107 Å². The van der Waals surface area contributed by atoms with Crippen LogP contribution in [0.25, 0.3) is 10.8 Å². The Labute approximate surface area is 246 Å². The molecule has 42 heavy (non-hydrogen) atoms. The van der Waals surface area contributed by atoms with E-state index in [1.165, 1.54) is 17.0 Å². The molecule has 0 aliphatic carbocycles. The van der Waals surface area contributed by atoms with E-state index in [2.05, 4.69) is 10.0 Å². The lowest BCUT2D eigenvalue weighted by molar-refractivity contribution is -0.141. The Bertz CT molecular complexity index is 1710. The minimum absolute atomic E-state index is 0.0109. The van der Waals surface area contributed by atoms with E-state index in [9.17, 15) is 22.8 Å². The first-order chi connectivity index (χ1) is 20.0. The van der Waals surface area contributed by atoms with Crippen LogP contribution in [-0.4, -0.2) is 44.1 Å². The molecule has 0 heterocycles. The third kappa shape index (κ3) is 6.86. The summed E-state index contributed by atoms with van der Waals surface area (Å²) >= 11 is 0. The van der Waals surface area contributed by atoms with Crippen LogP contribution in [0.2, 0.25) is 0 Å². The molecular formula is C33H35N3O5S. The van der Waals surface area contributed by atoms with E-state index in [1.54, 1.807) is 68.4 Å². The van der Waals surface area contributed by atoms with Gasteiger partial charge in [0.15, 0.2) is 0 Å². The highest BCUT2D eigenvalue weighted by Gasteiger charge is 2.33. The van der Waals surface area contributed by atoms with Gasteiger partial charge < -0.3 is 10.2 Å². The molecule has 0 aliphatic heterocycles. The number of hydrogen-bond donors (Lipinski definition) is 2. The molecule has 0 fully saturated rings. The molecule has 4 rings (SSSR count). The number of amides is 3. The number of anilines is 1. The zero-order valence-corrected chi connectivity index (χ0v) is 25.0. The van der Waals surface area contributed by atoms with E-state index in [0.717, 1.165) is 16.5 Å². The monoisotopic (exact) mass is 585 g/mol. The molecule has 1 unspecified atom stereocenters. The van der Waals surface area contributed by atoms with E-state index >= 15 is 0 Å². The summed E-state index contributed by atoms with van der Waals surface area (Å²) in [6, 6.07) is 24.4. The van der Waals surface area contributed by atoms with Gasteiger partial charge in [-0.05, 0) is 85.8 Å². The van der Waals surface area contributed by atoms with Crippen molar-refractivity contribution in [2.75, 3.05) is 18.4 Å². The minimum atomic E-state index is -4.24. The van der Waals surface area contributed by atoms with Gasteiger partial charge in [0.05, 0.1) is 4.90 Å². The Morgan fingerprint density at radius 2 is 1.38 bits per heavy atom. The number of nitrogens with zero attached hydrogens (tertiary/aromatic N) is 1. The van der Waals surface area contributed by atoms with Crippen LogP contribution in [0.5, 0.6) is 0 Å². The molecule has 0 saturated heterocycles. The van der Waals surface area contributed by atoms with Crippen molar-refractivity contribution in [1.82, 2.24) is 9.62 Å². The van der Waals surface area contributed by atoms with E-state index < -0.39 is 27.8 Å². The van der Waals surface area contributed by atoms with Crippen molar-refractivity contribution in [3.63, 3.8) is 0 Å². The maximum Gasteiger partial charge on any atom is 0.264 e. The number of rotatable bonds is 10. The predicted molar refractivity (Wildman–Crippen MR) is 165 cm³/mol. The summed E-state index contributed by atoms with van der Waals surface area (Å²) in [6.07, 6.45) is -0.0109. The standard InChI is InChI=1S/C33H35N3O5S/c1-5-36(6-2)33(39)29(32(38)35-42(40,41)28-17-16-25-12-10-11-15-27(25)21-28)20-24-18-22(3)30(23(4)19-24)34-31(37)26-13-8-7-9-14-26/h7-19,21,29H,5-6,20H2,1-4H3,(H,34,37)(H,35,38). The molecule has 0 aliphatic rings. The molecule has 0 radical (unpaired) electrons. The van der Waals surface area contributed by atoms with Crippen molar-refractivity contribution in [2.45, 2.75) is 39.0 Å². The SMILES string of the molecule is CCN(CC)C(=O)C(Cc1cc(C)c(NC(=O)c2ccccc2)c(C)c1)C(=O)NS(=O)(=O)c1ccc2ccccc2c1. The molecule has 0 bridgehead atoms. The third-order valence-electron chi connectivity index (χ3n) is 7.26. The predicted octanol–water partition coefficient (Wildman–Crippen LogP) is 5.24. The van der Waals surface area contributed by atoms with Crippen LogP contribution >= 0.6 is 0 Å². The first-order valence-electron chi connectivity index (χ1n) is 13.8. The number of benzene rings is 4. The molecule has 2 N–H and O–H groups in total. The zero-order valence-electron chi connectivity index (χ0n) is 24.2. The van der Waals surface area contributed by atoms with Crippen LogP contribution in [0.4, 0.5) is 5.69 Å². The summed E-state index contributed by atoms with van der Waals surface area (Å²) in [6.45, 7) is 8.03. The molecule has 9 heteroatoms. The number of fused-ring (bicyclic) bond motifs is 1. The van der Waals surface area contributed by atoms with Crippen molar-refractivity contribution in [1.29, 1.82) is 0 Å². The first-order valence-corrected chi connectivity index (χ1v) is 15.3. The number of sulfonamides is 1. The van der Waals surface area contributed by atoms with Gasteiger partial charge in [-0.3, -0.25) is 14.4 Å². The van der Waals surface area contributed by atoms with Gasteiger partial charge in [-0.25, -0.2) is 13.1 Å². The van der Waals surface area contributed by atoms with Gasteiger partial charge in [-0.15, -0.1) is 0 Å². The van der Waals surface area contributed by atoms with Crippen LogP contribution < -0.4 is 10.0 Å². The smallest absolute Gasteiger partial charge is 0.264 e. The molecule has 3 amide bonds. The summed E-state index contributed by atoms with van der Waals surface area (Å²) in [5.74, 6) is -2.87. The molecule has 4 aromatic carbocycles. The summed E-state index contributed by atoms with van der Waals surface area (Å²) in [4.78, 5) is 41.2. The number of aryl methyl sites for hydroxylation is 2. The highest BCUT2D eigenvalue weighted by atomic mass is 32.2. The molecular weight excluding hydrogens is 550 g/mol. The number of hydrogen-bond acceptors (Lipinski definition) is 5. The third-order valence-corrected chi connectivity index (χ3v) is 8.61. The molecule has 0 aromatic heterocycles. The van der Waals surface area contributed by atoms with Crippen LogP contribution in [0.3, 0.4) is 0 Å². The second kappa shape index (κ2) is 13.0. The fourth-order valence-corrected chi connectivity index (χ4v) is 6.08. The maximum absolute atomic E-state index is 13.5. The van der Waals surface area contributed by atoms with Gasteiger partial charge in [0.2, 0.25) is 11.8 Å². The van der Waals surface area contributed by atoms with E-state index in [0.29, 0.717) is 35.3 Å². The topological polar surface area (TPSA) is 113 Å². The van der Waals surface area contributed by atoms with Crippen LogP contribution in [-0.2, 0) is 26.0 Å². The lowest BCUT2D eigenvalue weighted by atomic mass is 9.93. The van der Waals surface area contributed by atoms with Crippen LogP contribution in [0.15, 0.2) is 89.8 Å². The largest absolute Gasteiger partial charge is 0.343 e. The van der Waals surface area contributed by atoms with Gasteiger partial charge in [0.1, 0.15) is 5.92 Å². The highest BCUT2D eigenvalue weighted by Crippen LogP contribution is 2.26. The molecule has 8 nitrogen and oxygen atoms in total. The summed E-state index contributed by atoms with van der Waals surface area (Å²) in [5, 5.41) is 4.53. The quantitative estimate of drug-likeness (QED) is 0.247. The maximum atomic E-state index is 13.5. The Kier molecular flexibility index (Phi) is 9.42. The average molecular weight is 586 g/mol. The second-order valence-electron chi connectivity index (χ2n) is 10.2. The Hall–Kier alpha value is -4.50. The fraction of sp³-hybridized carbons (Fsp3) is 0.242. The van der Waals surface area contributed by atoms with Gasteiger partial charge in [0.25, 0.3) is 15.9 Å². The summed E-state index contributed by atoms with van der Waals surface area (Å²) in [7, 11) is -4.24. The fourth-order valence-electron chi connectivity index (χ4n) is 5.02. The summed E-state index contributed by atoms with van der Waals surface area (Å²) in [5.41, 5.74) is 3.35. The molecule has 0 saturated carbocycles.